The van der Waals surface area contributed by atoms with Crippen molar-refractivity contribution in [3.8, 4) is 0 Å². The monoisotopic (exact) mass is 253 g/mol. The predicted octanol–water partition coefficient (Wildman–Crippen LogP) is -0.0803. The number of hydrogen-bond donors (Lipinski definition) is 2. The molecule has 6 nitrogen and oxygen atoms in total. The Bertz CT molecular complexity index is 408. The van der Waals surface area contributed by atoms with Gasteiger partial charge in [0.25, 0.3) is 5.91 Å². The van der Waals surface area contributed by atoms with Crippen LogP contribution in [-0.4, -0.2) is 50.0 Å². The number of nitrogens with zero attached hydrogens (tertiary/aromatic N) is 3. The third-order valence-corrected chi connectivity index (χ3v) is 3.33. The fourth-order valence-corrected chi connectivity index (χ4v) is 2.28. The molecular formula is C12H19N3O3. The molecule has 2 N–H and O–H groups in total. The van der Waals surface area contributed by atoms with Crippen molar-refractivity contribution in [1.29, 1.82) is 0 Å². The molecule has 0 aromatic carbocycles. The molecule has 18 heavy (non-hydrogen) atoms. The number of rotatable bonds is 3. The first-order valence-corrected chi connectivity index (χ1v) is 6.23. The van der Waals surface area contributed by atoms with Crippen molar-refractivity contribution in [2.24, 2.45) is 0 Å². The van der Waals surface area contributed by atoms with Crippen LogP contribution in [0.2, 0.25) is 0 Å². The highest BCUT2D eigenvalue weighted by molar-refractivity contribution is 5.80. The molecule has 0 saturated carbocycles. The average molecular weight is 253 g/mol. The SMILES string of the molecule is C[C@H](O)C(=O)N1CCC(n2ccc(CO)n2)CC1. The van der Waals surface area contributed by atoms with Gasteiger partial charge in [0.1, 0.15) is 6.10 Å². The highest BCUT2D eigenvalue weighted by Gasteiger charge is 2.26. The van der Waals surface area contributed by atoms with Crippen LogP contribution < -0.4 is 0 Å². The zero-order chi connectivity index (χ0) is 13.1. The molecule has 0 spiro atoms. The molecule has 1 amide bonds. The molecule has 6 heteroatoms. The van der Waals surface area contributed by atoms with Gasteiger partial charge in [-0.1, -0.05) is 0 Å². The Morgan fingerprint density at radius 1 is 1.56 bits per heavy atom. The van der Waals surface area contributed by atoms with Gasteiger partial charge in [0.2, 0.25) is 0 Å². The summed E-state index contributed by atoms with van der Waals surface area (Å²) in [6.07, 6.45) is 2.59. The fraction of sp³-hybridized carbons (Fsp3) is 0.667. The summed E-state index contributed by atoms with van der Waals surface area (Å²) in [5.74, 6) is -0.204. The van der Waals surface area contributed by atoms with E-state index in [-0.39, 0.29) is 18.6 Å². The highest BCUT2D eigenvalue weighted by Crippen LogP contribution is 2.22. The minimum absolute atomic E-state index is 0.0492. The summed E-state index contributed by atoms with van der Waals surface area (Å²) >= 11 is 0. The Hall–Kier alpha value is -1.40. The maximum atomic E-state index is 11.6. The third-order valence-electron chi connectivity index (χ3n) is 3.33. The Balaban J connectivity index is 1.92. The quantitative estimate of drug-likeness (QED) is 0.789. The number of aromatic nitrogens is 2. The van der Waals surface area contributed by atoms with Crippen LogP contribution >= 0.6 is 0 Å². The lowest BCUT2D eigenvalue weighted by Crippen LogP contribution is -2.43. The van der Waals surface area contributed by atoms with Gasteiger partial charge in [-0.2, -0.15) is 5.10 Å². The van der Waals surface area contributed by atoms with E-state index in [1.54, 1.807) is 11.0 Å². The predicted molar refractivity (Wildman–Crippen MR) is 64.7 cm³/mol. The first-order valence-electron chi connectivity index (χ1n) is 6.23. The highest BCUT2D eigenvalue weighted by atomic mass is 16.3. The minimum atomic E-state index is -0.924. The second kappa shape index (κ2) is 5.49. The van der Waals surface area contributed by atoms with E-state index in [1.165, 1.54) is 6.92 Å². The zero-order valence-electron chi connectivity index (χ0n) is 10.5. The first-order chi connectivity index (χ1) is 8.61. The molecule has 1 aromatic heterocycles. The second-order valence-corrected chi connectivity index (χ2v) is 4.68. The van der Waals surface area contributed by atoms with E-state index in [9.17, 15) is 9.90 Å². The number of carbonyl (C=O) groups excluding carboxylic acids is 1. The maximum Gasteiger partial charge on any atom is 0.251 e. The van der Waals surface area contributed by atoms with Crippen molar-refractivity contribution in [2.45, 2.75) is 38.5 Å². The van der Waals surface area contributed by atoms with Gasteiger partial charge >= 0.3 is 0 Å². The van der Waals surface area contributed by atoms with Crippen LogP contribution in [0.25, 0.3) is 0 Å². The number of aliphatic hydroxyl groups excluding tert-OH is 2. The summed E-state index contributed by atoms with van der Waals surface area (Å²) in [5, 5.41) is 22.5. The molecule has 1 aliphatic heterocycles. The van der Waals surface area contributed by atoms with Gasteiger partial charge in [-0.15, -0.1) is 0 Å². The Morgan fingerprint density at radius 2 is 2.22 bits per heavy atom. The molecule has 2 rings (SSSR count). The standard InChI is InChI=1S/C12H19N3O3/c1-9(17)12(18)14-5-3-11(4-6-14)15-7-2-10(8-16)13-15/h2,7,9,11,16-17H,3-6,8H2,1H3/t9-/m0/s1. The lowest BCUT2D eigenvalue weighted by atomic mass is 10.0. The van der Waals surface area contributed by atoms with Crippen molar-refractivity contribution in [3.05, 3.63) is 18.0 Å². The largest absolute Gasteiger partial charge is 0.390 e. The van der Waals surface area contributed by atoms with E-state index >= 15 is 0 Å². The van der Waals surface area contributed by atoms with Crippen LogP contribution in [0.1, 0.15) is 31.5 Å². The van der Waals surface area contributed by atoms with E-state index in [0.717, 1.165) is 12.8 Å². The van der Waals surface area contributed by atoms with E-state index in [2.05, 4.69) is 5.10 Å². The van der Waals surface area contributed by atoms with Crippen LogP contribution in [0.15, 0.2) is 12.3 Å². The Kier molecular flexibility index (Phi) is 3.98. The molecule has 0 radical (unpaired) electrons. The fourth-order valence-electron chi connectivity index (χ4n) is 2.28. The second-order valence-electron chi connectivity index (χ2n) is 4.68. The third kappa shape index (κ3) is 2.70. The summed E-state index contributed by atoms with van der Waals surface area (Å²) in [6.45, 7) is 2.73. The molecule has 1 fully saturated rings. The van der Waals surface area contributed by atoms with Crippen molar-refractivity contribution in [2.75, 3.05) is 13.1 Å². The van der Waals surface area contributed by atoms with Crippen molar-refractivity contribution >= 4 is 5.91 Å². The van der Waals surface area contributed by atoms with Gasteiger partial charge in [-0.3, -0.25) is 9.48 Å². The van der Waals surface area contributed by atoms with Gasteiger partial charge in [0, 0.05) is 19.3 Å². The maximum absolute atomic E-state index is 11.6. The molecule has 0 bridgehead atoms. The van der Waals surface area contributed by atoms with E-state index in [4.69, 9.17) is 5.11 Å². The molecule has 2 heterocycles. The lowest BCUT2D eigenvalue weighted by molar-refractivity contribution is -0.140. The molecule has 0 unspecified atom stereocenters. The zero-order valence-corrected chi connectivity index (χ0v) is 10.5. The van der Waals surface area contributed by atoms with Crippen molar-refractivity contribution < 1.29 is 15.0 Å². The van der Waals surface area contributed by atoms with Crippen molar-refractivity contribution in [3.63, 3.8) is 0 Å². The number of likely N-dealkylation sites (tertiary alicyclic amines) is 1. The molecule has 0 aliphatic carbocycles. The summed E-state index contributed by atoms with van der Waals surface area (Å²) in [7, 11) is 0. The summed E-state index contributed by atoms with van der Waals surface area (Å²) in [5.41, 5.74) is 0.664. The summed E-state index contributed by atoms with van der Waals surface area (Å²) in [6, 6.07) is 2.07. The van der Waals surface area contributed by atoms with Crippen LogP contribution in [0.5, 0.6) is 0 Å². The number of carbonyl (C=O) groups is 1. The van der Waals surface area contributed by atoms with Crippen LogP contribution in [0, 0.1) is 0 Å². The molecule has 1 atom stereocenters. The normalized spacial score (nSPS) is 18.9. The topological polar surface area (TPSA) is 78.6 Å². The van der Waals surface area contributed by atoms with Crippen LogP contribution in [0.3, 0.4) is 0 Å². The average Bonchev–Trinajstić information content (AvgIpc) is 2.86. The number of aliphatic hydroxyl groups is 2. The first kappa shape index (κ1) is 13.0. The van der Waals surface area contributed by atoms with Crippen LogP contribution in [0.4, 0.5) is 0 Å². The minimum Gasteiger partial charge on any atom is -0.390 e. The van der Waals surface area contributed by atoms with E-state index in [0.29, 0.717) is 18.8 Å². The number of hydrogen-bond acceptors (Lipinski definition) is 4. The van der Waals surface area contributed by atoms with Crippen LogP contribution in [-0.2, 0) is 11.4 Å². The molecule has 1 saturated heterocycles. The summed E-state index contributed by atoms with van der Waals surface area (Å²) < 4.78 is 1.86. The smallest absolute Gasteiger partial charge is 0.251 e. The number of piperidine rings is 1. The van der Waals surface area contributed by atoms with Crippen molar-refractivity contribution in [1.82, 2.24) is 14.7 Å². The van der Waals surface area contributed by atoms with Gasteiger partial charge in [0.05, 0.1) is 18.3 Å². The number of amides is 1. The Morgan fingerprint density at radius 3 is 2.72 bits per heavy atom. The van der Waals surface area contributed by atoms with E-state index < -0.39 is 6.10 Å². The van der Waals surface area contributed by atoms with Gasteiger partial charge in [0.15, 0.2) is 0 Å². The molecule has 1 aliphatic rings. The molecule has 100 valence electrons. The Labute approximate surface area is 106 Å². The van der Waals surface area contributed by atoms with Gasteiger partial charge in [-0.05, 0) is 25.8 Å². The molecule has 1 aromatic rings. The van der Waals surface area contributed by atoms with Gasteiger partial charge < -0.3 is 15.1 Å². The summed E-state index contributed by atoms with van der Waals surface area (Å²) in [4.78, 5) is 13.3. The van der Waals surface area contributed by atoms with Gasteiger partial charge in [-0.25, -0.2) is 0 Å². The lowest BCUT2D eigenvalue weighted by Gasteiger charge is -2.32. The molecular weight excluding hydrogens is 234 g/mol. The van der Waals surface area contributed by atoms with E-state index in [1.807, 2.05) is 10.9 Å².